The van der Waals surface area contributed by atoms with Crippen molar-refractivity contribution in [2.24, 2.45) is 0 Å². The van der Waals surface area contributed by atoms with E-state index in [-0.39, 0.29) is 0 Å². The first-order valence-corrected chi connectivity index (χ1v) is 5.58. The maximum absolute atomic E-state index is 4.99. The van der Waals surface area contributed by atoms with Crippen LogP contribution in [-0.2, 0) is 0 Å². The Morgan fingerprint density at radius 1 is 1.75 bits per heavy atom. The second kappa shape index (κ2) is 4.61. The number of nitrogens with one attached hydrogen (secondary N) is 1. The van der Waals surface area contributed by atoms with Crippen LogP contribution in [0.3, 0.4) is 0 Å². The molecule has 0 amide bonds. The fourth-order valence-electron chi connectivity index (χ4n) is 1.01. The summed E-state index contributed by atoms with van der Waals surface area (Å²) in [6.45, 7) is 2.13. The lowest BCUT2D eigenvalue weighted by molar-refractivity contribution is 0.466. The molecule has 0 aromatic carbocycles. The van der Waals surface area contributed by atoms with E-state index in [0.29, 0.717) is 10.8 Å². The van der Waals surface area contributed by atoms with E-state index in [2.05, 4.69) is 28.7 Å². The lowest BCUT2D eigenvalue weighted by atomic mass is 10.3. The van der Waals surface area contributed by atoms with Crippen LogP contribution < -0.4 is 0 Å². The third kappa shape index (κ3) is 2.07. The summed E-state index contributed by atoms with van der Waals surface area (Å²) in [5, 5.41) is 10.2. The molecule has 0 aliphatic carbocycles. The number of aromatic amines is 1. The average Bonchev–Trinajstić information content (AvgIpc) is 2.47. The van der Waals surface area contributed by atoms with Crippen molar-refractivity contribution in [2.45, 2.75) is 19.4 Å². The van der Waals surface area contributed by atoms with Crippen LogP contribution in [0.15, 0.2) is 0 Å². The van der Waals surface area contributed by atoms with Gasteiger partial charge >= 0.3 is 0 Å². The Bertz CT molecular complexity index is 279. The van der Waals surface area contributed by atoms with Gasteiger partial charge in [0.05, 0.1) is 6.04 Å². The molecular formula is C6H12N4S2. The first-order valence-electron chi connectivity index (χ1n) is 3.78. The molecule has 6 heteroatoms. The van der Waals surface area contributed by atoms with Crippen LogP contribution >= 0.6 is 24.0 Å². The predicted octanol–water partition coefficient (Wildman–Crippen LogP) is 1.65. The van der Waals surface area contributed by atoms with E-state index >= 15 is 0 Å². The summed E-state index contributed by atoms with van der Waals surface area (Å²) < 4.78 is 2.38. The number of hydrogen-bond acceptors (Lipinski definition) is 4. The normalized spacial score (nSPS) is 13.2. The van der Waals surface area contributed by atoms with Gasteiger partial charge in [0.25, 0.3) is 0 Å². The second-order valence-corrected chi connectivity index (χ2v) is 3.75. The molecule has 1 unspecified atom stereocenters. The van der Waals surface area contributed by atoms with Crippen molar-refractivity contribution in [1.82, 2.24) is 20.2 Å². The molecule has 1 aromatic heterocycles. The van der Waals surface area contributed by atoms with Gasteiger partial charge in [-0.25, -0.2) is 4.68 Å². The topological polar surface area (TPSA) is 46.5 Å². The summed E-state index contributed by atoms with van der Waals surface area (Å²) in [5.41, 5.74) is 0. The number of thioether (sulfide) groups is 1. The molecule has 0 aliphatic rings. The zero-order valence-corrected chi connectivity index (χ0v) is 8.78. The minimum absolute atomic E-state index is 0.391. The van der Waals surface area contributed by atoms with Gasteiger partial charge in [-0.1, -0.05) is 17.2 Å². The van der Waals surface area contributed by atoms with Gasteiger partial charge in [-0.3, -0.25) is 0 Å². The molecule has 0 radical (unpaired) electrons. The third-order valence-corrected chi connectivity index (χ3v) is 2.69. The number of hydrogen-bond donors (Lipinski definition) is 1. The van der Waals surface area contributed by atoms with E-state index < -0.39 is 0 Å². The molecular weight excluding hydrogens is 192 g/mol. The Balaban J connectivity index is 2.79. The summed E-state index contributed by atoms with van der Waals surface area (Å²) in [6.07, 6.45) is 3.12. The number of H-pyrrole nitrogens is 1. The minimum atomic E-state index is 0.391. The molecule has 68 valence electrons. The molecule has 1 aromatic rings. The van der Waals surface area contributed by atoms with Crippen molar-refractivity contribution in [3.05, 3.63) is 4.77 Å². The van der Waals surface area contributed by atoms with E-state index in [9.17, 15) is 0 Å². The molecule has 0 bridgehead atoms. The zero-order valence-electron chi connectivity index (χ0n) is 7.15. The maximum Gasteiger partial charge on any atom is 0.238 e. The molecule has 0 saturated carbocycles. The van der Waals surface area contributed by atoms with Gasteiger partial charge in [0.2, 0.25) is 4.77 Å². The van der Waals surface area contributed by atoms with E-state index in [0.717, 1.165) is 12.2 Å². The molecule has 1 rings (SSSR count). The standard InChI is InChI=1S/C6H12N4S2/c1-3-5(4-12-2)10-6(11)7-8-9-10/h5H,3-4H2,1-2H3,(H,7,9,11). The summed E-state index contributed by atoms with van der Waals surface area (Å²) >= 11 is 6.79. The number of nitrogens with zero attached hydrogens (tertiary/aromatic N) is 3. The molecule has 12 heavy (non-hydrogen) atoms. The summed E-state index contributed by atoms with van der Waals surface area (Å²) in [4.78, 5) is 0. The van der Waals surface area contributed by atoms with Crippen LogP contribution in [0.25, 0.3) is 0 Å². The van der Waals surface area contributed by atoms with Crippen molar-refractivity contribution in [3.8, 4) is 0 Å². The molecule has 0 aliphatic heterocycles. The van der Waals surface area contributed by atoms with Crippen LogP contribution in [0.5, 0.6) is 0 Å². The Labute approximate surface area is 80.7 Å². The molecule has 1 atom stereocenters. The van der Waals surface area contributed by atoms with Crippen molar-refractivity contribution in [1.29, 1.82) is 0 Å². The van der Waals surface area contributed by atoms with Crippen LogP contribution in [0, 0.1) is 4.77 Å². The minimum Gasteiger partial charge on any atom is -0.239 e. The largest absolute Gasteiger partial charge is 0.239 e. The van der Waals surface area contributed by atoms with Crippen LogP contribution in [0.2, 0.25) is 0 Å². The van der Waals surface area contributed by atoms with E-state index in [4.69, 9.17) is 12.2 Å². The van der Waals surface area contributed by atoms with Crippen molar-refractivity contribution >= 4 is 24.0 Å². The number of tetrazole rings is 1. The van der Waals surface area contributed by atoms with E-state index in [1.807, 2.05) is 4.68 Å². The molecule has 1 N–H and O–H groups in total. The maximum atomic E-state index is 4.99. The molecule has 0 spiro atoms. The van der Waals surface area contributed by atoms with Gasteiger partial charge in [-0.2, -0.15) is 17.0 Å². The van der Waals surface area contributed by atoms with Crippen molar-refractivity contribution < 1.29 is 0 Å². The highest BCUT2D eigenvalue weighted by Gasteiger charge is 2.09. The predicted molar refractivity (Wildman–Crippen MR) is 52.9 cm³/mol. The van der Waals surface area contributed by atoms with Gasteiger partial charge in [0.15, 0.2) is 0 Å². The Kier molecular flexibility index (Phi) is 3.74. The highest BCUT2D eigenvalue weighted by molar-refractivity contribution is 7.98. The third-order valence-electron chi connectivity index (χ3n) is 1.69. The van der Waals surface area contributed by atoms with E-state index in [1.54, 1.807) is 11.8 Å². The summed E-state index contributed by atoms with van der Waals surface area (Å²) in [5.74, 6) is 1.04. The first kappa shape index (κ1) is 9.73. The highest BCUT2D eigenvalue weighted by Crippen LogP contribution is 2.14. The molecule has 4 nitrogen and oxygen atoms in total. The Morgan fingerprint density at radius 2 is 2.50 bits per heavy atom. The van der Waals surface area contributed by atoms with Gasteiger partial charge in [0.1, 0.15) is 0 Å². The van der Waals surface area contributed by atoms with Gasteiger partial charge in [-0.05, 0) is 24.9 Å². The summed E-state index contributed by atoms with van der Waals surface area (Å²) in [6, 6.07) is 0.391. The lowest BCUT2D eigenvalue weighted by Gasteiger charge is -2.12. The van der Waals surface area contributed by atoms with Crippen molar-refractivity contribution in [3.63, 3.8) is 0 Å². The summed E-state index contributed by atoms with van der Waals surface area (Å²) in [7, 11) is 0. The van der Waals surface area contributed by atoms with Crippen LogP contribution in [-0.4, -0.2) is 32.2 Å². The van der Waals surface area contributed by atoms with Gasteiger partial charge in [0, 0.05) is 5.75 Å². The monoisotopic (exact) mass is 204 g/mol. The van der Waals surface area contributed by atoms with Gasteiger partial charge in [-0.15, -0.1) is 0 Å². The fourth-order valence-corrected chi connectivity index (χ4v) is 2.01. The average molecular weight is 204 g/mol. The lowest BCUT2D eigenvalue weighted by Crippen LogP contribution is -2.12. The highest BCUT2D eigenvalue weighted by atomic mass is 32.2. The number of aromatic nitrogens is 4. The molecule has 0 saturated heterocycles. The Morgan fingerprint density at radius 3 is 2.92 bits per heavy atom. The molecule has 0 fully saturated rings. The van der Waals surface area contributed by atoms with E-state index in [1.165, 1.54) is 0 Å². The zero-order chi connectivity index (χ0) is 8.97. The van der Waals surface area contributed by atoms with Crippen LogP contribution in [0.1, 0.15) is 19.4 Å². The quantitative estimate of drug-likeness (QED) is 0.758. The number of rotatable bonds is 4. The smallest absolute Gasteiger partial charge is 0.238 e. The SMILES string of the molecule is CCC(CSC)n1[nH]nnc1=S. The Hall–Kier alpha value is -0.360. The fraction of sp³-hybridized carbons (Fsp3) is 0.833. The second-order valence-electron chi connectivity index (χ2n) is 2.47. The van der Waals surface area contributed by atoms with Crippen molar-refractivity contribution in [2.75, 3.05) is 12.0 Å². The molecule has 1 heterocycles. The van der Waals surface area contributed by atoms with Gasteiger partial charge < -0.3 is 0 Å². The van der Waals surface area contributed by atoms with Crippen LogP contribution in [0.4, 0.5) is 0 Å². The first-order chi connectivity index (χ1) is 5.79.